The fourth-order valence-electron chi connectivity index (χ4n) is 3.18. The molecule has 0 aromatic carbocycles. The number of aryl methyl sites for hydroxylation is 2. The number of carbonyl (C=O) groups excluding carboxylic acids is 1. The highest BCUT2D eigenvalue weighted by molar-refractivity contribution is 7.16. The third-order valence-electron chi connectivity index (χ3n) is 4.36. The molecular weight excluding hydrogens is 342 g/mol. The number of nitriles is 1. The Morgan fingerprint density at radius 1 is 1.44 bits per heavy atom. The summed E-state index contributed by atoms with van der Waals surface area (Å²) >= 11 is 1.45. The van der Waals surface area contributed by atoms with Crippen LogP contribution in [0.3, 0.4) is 0 Å². The van der Waals surface area contributed by atoms with Crippen molar-refractivity contribution in [2.75, 3.05) is 5.32 Å². The maximum atomic E-state index is 12.4. The van der Waals surface area contributed by atoms with E-state index in [0.717, 1.165) is 31.2 Å². The molecule has 1 aliphatic rings. The molecule has 0 spiro atoms. The van der Waals surface area contributed by atoms with E-state index in [1.54, 1.807) is 13.8 Å². The highest BCUT2D eigenvalue weighted by Crippen LogP contribution is 2.37. The summed E-state index contributed by atoms with van der Waals surface area (Å²) in [5.41, 5.74) is 2.14. The summed E-state index contributed by atoms with van der Waals surface area (Å²) in [7, 11) is 0. The molecule has 1 N–H and O–H groups in total. The minimum atomic E-state index is -0.493. The maximum Gasteiger partial charge on any atom is 0.312 e. The van der Waals surface area contributed by atoms with Gasteiger partial charge >= 0.3 is 5.69 Å². The molecular formula is C16H17N5O3S. The van der Waals surface area contributed by atoms with Crippen molar-refractivity contribution in [1.82, 2.24) is 9.78 Å². The number of rotatable bonds is 4. The van der Waals surface area contributed by atoms with Crippen molar-refractivity contribution >= 4 is 27.9 Å². The first-order valence-corrected chi connectivity index (χ1v) is 8.77. The van der Waals surface area contributed by atoms with E-state index in [1.807, 2.05) is 0 Å². The van der Waals surface area contributed by atoms with E-state index in [1.165, 1.54) is 20.9 Å². The molecule has 0 atom stereocenters. The number of amides is 1. The van der Waals surface area contributed by atoms with Crippen LogP contribution in [-0.4, -0.2) is 20.6 Å². The topological polar surface area (TPSA) is 114 Å². The fourth-order valence-corrected chi connectivity index (χ4v) is 4.44. The van der Waals surface area contributed by atoms with E-state index in [2.05, 4.69) is 16.5 Å². The van der Waals surface area contributed by atoms with Crippen LogP contribution in [0.1, 0.15) is 40.2 Å². The van der Waals surface area contributed by atoms with Crippen molar-refractivity contribution in [3.8, 4) is 6.07 Å². The van der Waals surface area contributed by atoms with Gasteiger partial charge in [0.1, 0.15) is 29.0 Å². The first-order chi connectivity index (χ1) is 11.9. The second kappa shape index (κ2) is 6.64. The summed E-state index contributed by atoms with van der Waals surface area (Å²) < 4.78 is 1.32. The largest absolute Gasteiger partial charge is 0.315 e. The van der Waals surface area contributed by atoms with Crippen molar-refractivity contribution in [2.45, 2.75) is 46.1 Å². The number of hydrogen-bond donors (Lipinski definition) is 1. The summed E-state index contributed by atoms with van der Waals surface area (Å²) in [5.74, 6) is -0.351. The van der Waals surface area contributed by atoms with Crippen LogP contribution >= 0.6 is 11.3 Å². The number of anilines is 1. The normalized spacial score (nSPS) is 13.2. The van der Waals surface area contributed by atoms with Gasteiger partial charge in [-0.2, -0.15) is 10.4 Å². The summed E-state index contributed by atoms with van der Waals surface area (Å²) in [6.45, 7) is 2.98. The van der Waals surface area contributed by atoms with Gasteiger partial charge in [-0.25, -0.2) is 0 Å². The fraction of sp³-hybridized carbons (Fsp3) is 0.438. The molecule has 2 aromatic rings. The van der Waals surface area contributed by atoms with Crippen LogP contribution in [0.5, 0.6) is 0 Å². The quantitative estimate of drug-likeness (QED) is 0.666. The molecule has 1 aliphatic carbocycles. The Morgan fingerprint density at radius 3 is 2.80 bits per heavy atom. The Labute approximate surface area is 148 Å². The molecule has 0 saturated heterocycles. The number of nitro groups is 1. The Hall–Kier alpha value is -2.73. The highest BCUT2D eigenvalue weighted by Gasteiger charge is 2.24. The molecule has 1 amide bonds. The van der Waals surface area contributed by atoms with Crippen LogP contribution in [0.25, 0.3) is 0 Å². The zero-order valence-corrected chi connectivity index (χ0v) is 14.8. The Morgan fingerprint density at radius 2 is 2.16 bits per heavy atom. The molecule has 9 heteroatoms. The van der Waals surface area contributed by atoms with Crippen LogP contribution in [0.2, 0.25) is 0 Å². The van der Waals surface area contributed by atoms with E-state index >= 15 is 0 Å². The highest BCUT2D eigenvalue weighted by atomic mass is 32.1. The lowest BCUT2D eigenvalue weighted by atomic mass is 9.96. The third kappa shape index (κ3) is 3.13. The van der Waals surface area contributed by atoms with Gasteiger partial charge in [0.15, 0.2) is 0 Å². The van der Waals surface area contributed by atoms with Gasteiger partial charge in [-0.15, -0.1) is 11.3 Å². The number of nitrogens with zero attached hydrogens (tertiary/aromatic N) is 4. The maximum absolute atomic E-state index is 12.4. The smallest absolute Gasteiger partial charge is 0.312 e. The van der Waals surface area contributed by atoms with Gasteiger partial charge in [0, 0.05) is 4.88 Å². The van der Waals surface area contributed by atoms with E-state index in [-0.39, 0.29) is 23.8 Å². The summed E-state index contributed by atoms with van der Waals surface area (Å²) in [5, 5.41) is 27.9. The molecule has 2 heterocycles. The van der Waals surface area contributed by atoms with Crippen molar-refractivity contribution in [1.29, 1.82) is 5.26 Å². The monoisotopic (exact) mass is 359 g/mol. The molecule has 130 valence electrons. The van der Waals surface area contributed by atoms with E-state index in [0.29, 0.717) is 16.3 Å². The van der Waals surface area contributed by atoms with Crippen LogP contribution in [-0.2, 0) is 24.2 Å². The zero-order valence-electron chi connectivity index (χ0n) is 14.0. The van der Waals surface area contributed by atoms with Crippen LogP contribution in [0.15, 0.2) is 0 Å². The minimum Gasteiger partial charge on any atom is -0.315 e. The van der Waals surface area contributed by atoms with Crippen molar-refractivity contribution in [2.24, 2.45) is 0 Å². The molecule has 0 unspecified atom stereocenters. The molecule has 2 aromatic heterocycles. The average Bonchev–Trinajstić information content (AvgIpc) is 3.03. The van der Waals surface area contributed by atoms with E-state index in [9.17, 15) is 20.2 Å². The standard InChI is InChI=1S/C16H17N5O3S/c1-9-15(21(23)24)10(2)20(19-9)8-14(22)18-16-12(7-17)11-5-3-4-6-13(11)25-16/h3-6,8H2,1-2H3,(H,18,22). The SMILES string of the molecule is Cc1nn(CC(=O)Nc2sc3c(c2C#N)CCCC3)c(C)c1[N+](=O)[O-]. The number of hydrogen-bond acceptors (Lipinski definition) is 6. The molecule has 0 bridgehead atoms. The van der Waals surface area contributed by atoms with Crippen LogP contribution in [0, 0.1) is 35.3 Å². The second-order valence-corrected chi connectivity index (χ2v) is 7.11. The predicted octanol–water partition coefficient (Wildman–Crippen LogP) is 2.86. The van der Waals surface area contributed by atoms with Gasteiger partial charge in [-0.1, -0.05) is 0 Å². The van der Waals surface area contributed by atoms with Gasteiger partial charge in [0.05, 0.1) is 10.5 Å². The number of thiophene rings is 1. The summed E-state index contributed by atoms with van der Waals surface area (Å²) in [6, 6.07) is 2.20. The van der Waals surface area contributed by atoms with Crippen molar-refractivity contribution in [3.05, 3.63) is 37.5 Å². The lowest BCUT2D eigenvalue weighted by Gasteiger charge is -2.09. The number of nitrogens with one attached hydrogen (secondary N) is 1. The van der Waals surface area contributed by atoms with Gasteiger partial charge < -0.3 is 5.32 Å². The first-order valence-electron chi connectivity index (χ1n) is 7.95. The summed E-state index contributed by atoms with van der Waals surface area (Å²) in [4.78, 5) is 24.1. The van der Waals surface area contributed by atoms with E-state index in [4.69, 9.17) is 0 Å². The van der Waals surface area contributed by atoms with E-state index < -0.39 is 4.92 Å². The number of carbonyl (C=O) groups is 1. The molecule has 25 heavy (non-hydrogen) atoms. The molecule has 3 rings (SSSR count). The Bertz CT molecular complexity index is 906. The zero-order chi connectivity index (χ0) is 18.1. The molecule has 0 aliphatic heterocycles. The van der Waals surface area contributed by atoms with Gasteiger partial charge in [0.2, 0.25) is 5.91 Å². The van der Waals surface area contributed by atoms with Crippen LogP contribution in [0.4, 0.5) is 10.7 Å². The Kier molecular flexibility index (Phi) is 4.55. The van der Waals surface area contributed by atoms with Gasteiger partial charge in [-0.3, -0.25) is 19.6 Å². The lowest BCUT2D eigenvalue weighted by molar-refractivity contribution is -0.386. The Balaban J connectivity index is 1.80. The van der Waals surface area contributed by atoms with Crippen molar-refractivity contribution in [3.63, 3.8) is 0 Å². The average molecular weight is 359 g/mol. The van der Waals surface area contributed by atoms with Crippen LogP contribution < -0.4 is 5.32 Å². The lowest BCUT2D eigenvalue weighted by Crippen LogP contribution is -2.20. The first kappa shape index (κ1) is 17.1. The molecule has 8 nitrogen and oxygen atoms in total. The number of fused-ring (bicyclic) bond motifs is 1. The molecule has 0 fully saturated rings. The van der Waals surface area contributed by atoms with Crippen molar-refractivity contribution < 1.29 is 9.72 Å². The summed E-state index contributed by atoms with van der Waals surface area (Å²) in [6.07, 6.45) is 3.96. The molecule has 0 saturated carbocycles. The van der Waals surface area contributed by atoms with Gasteiger partial charge in [0.25, 0.3) is 0 Å². The second-order valence-electron chi connectivity index (χ2n) is 6.01. The number of aromatic nitrogens is 2. The van der Waals surface area contributed by atoms with Gasteiger partial charge in [-0.05, 0) is 45.1 Å². The minimum absolute atomic E-state index is 0.0721. The predicted molar refractivity (Wildman–Crippen MR) is 92.7 cm³/mol. The third-order valence-corrected chi connectivity index (χ3v) is 5.56. The molecule has 0 radical (unpaired) electrons.